The average Bonchev–Trinajstić information content (AvgIpc) is 3.12. The molecular formula is C21H21N3OS. The number of rotatable bonds is 4. The summed E-state index contributed by atoms with van der Waals surface area (Å²) in [7, 11) is 0. The van der Waals surface area contributed by atoms with E-state index >= 15 is 0 Å². The molecule has 2 heterocycles. The van der Waals surface area contributed by atoms with Gasteiger partial charge in [-0.1, -0.05) is 24.3 Å². The SMILES string of the molecule is CSc1cccc(C(=O)Nc2ccccc2-c2cn3c(n2)CCCC3)c1. The number of amides is 1. The van der Waals surface area contributed by atoms with E-state index in [1.54, 1.807) is 11.8 Å². The van der Waals surface area contributed by atoms with Gasteiger partial charge in [-0.05, 0) is 43.4 Å². The quantitative estimate of drug-likeness (QED) is 0.673. The minimum Gasteiger partial charge on any atom is -0.334 e. The molecule has 1 amide bonds. The van der Waals surface area contributed by atoms with Crippen LogP contribution in [0.1, 0.15) is 29.0 Å². The first-order valence-electron chi connectivity index (χ1n) is 8.85. The zero-order valence-corrected chi connectivity index (χ0v) is 15.6. The van der Waals surface area contributed by atoms with Crippen LogP contribution in [0.5, 0.6) is 0 Å². The monoisotopic (exact) mass is 363 g/mol. The van der Waals surface area contributed by atoms with Gasteiger partial charge in [0, 0.05) is 35.2 Å². The summed E-state index contributed by atoms with van der Waals surface area (Å²) in [5.74, 6) is 1.04. The van der Waals surface area contributed by atoms with Crippen molar-refractivity contribution in [2.24, 2.45) is 0 Å². The van der Waals surface area contributed by atoms with Gasteiger partial charge in [0.2, 0.25) is 0 Å². The lowest BCUT2D eigenvalue weighted by molar-refractivity contribution is 0.102. The zero-order chi connectivity index (χ0) is 17.9. The van der Waals surface area contributed by atoms with Crippen LogP contribution in [0.15, 0.2) is 59.6 Å². The molecule has 0 saturated heterocycles. The van der Waals surface area contributed by atoms with Gasteiger partial charge in [-0.15, -0.1) is 11.8 Å². The van der Waals surface area contributed by atoms with Gasteiger partial charge >= 0.3 is 0 Å². The van der Waals surface area contributed by atoms with Crippen LogP contribution in [0, 0.1) is 0 Å². The maximum absolute atomic E-state index is 12.7. The molecule has 1 aromatic heterocycles. The van der Waals surface area contributed by atoms with Crippen LogP contribution in [0.25, 0.3) is 11.3 Å². The van der Waals surface area contributed by atoms with E-state index in [9.17, 15) is 4.79 Å². The number of anilines is 1. The number of nitrogens with one attached hydrogen (secondary N) is 1. The van der Waals surface area contributed by atoms with Crippen LogP contribution in [0.4, 0.5) is 5.69 Å². The van der Waals surface area contributed by atoms with E-state index in [2.05, 4.69) is 16.1 Å². The molecule has 0 atom stereocenters. The fourth-order valence-corrected chi connectivity index (χ4v) is 3.78. The predicted molar refractivity (Wildman–Crippen MR) is 107 cm³/mol. The molecule has 0 unspecified atom stereocenters. The van der Waals surface area contributed by atoms with E-state index < -0.39 is 0 Å². The number of hydrogen-bond acceptors (Lipinski definition) is 3. The van der Waals surface area contributed by atoms with E-state index in [1.165, 1.54) is 12.8 Å². The first kappa shape index (κ1) is 16.9. The van der Waals surface area contributed by atoms with E-state index in [1.807, 2.05) is 54.8 Å². The number of para-hydroxylation sites is 1. The number of thioether (sulfide) groups is 1. The van der Waals surface area contributed by atoms with Gasteiger partial charge in [0.15, 0.2) is 0 Å². The van der Waals surface area contributed by atoms with Crippen molar-refractivity contribution in [3.63, 3.8) is 0 Å². The van der Waals surface area contributed by atoms with Crippen LogP contribution in [0.3, 0.4) is 0 Å². The fourth-order valence-electron chi connectivity index (χ4n) is 3.32. The van der Waals surface area contributed by atoms with Crippen molar-refractivity contribution in [2.75, 3.05) is 11.6 Å². The highest BCUT2D eigenvalue weighted by Gasteiger charge is 2.16. The standard InChI is InChI=1S/C21H21N3OS/c1-26-16-8-6-7-15(13-16)21(25)23-18-10-3-2-9-17(18)19-14-24-12-5-4-11-20(24)22-19/h2-3,6-10,13-14H,4-5,11-12H2,1H3,(H,23,25). The molecule has 26 heavy (non-hydrogen) atoms. The topological polar surface area (TPSA) is 46.9 Å². The van der Waals surface area contributed by atoms with Crippen LogP contribution in [-0.2, 0) is 13.0 Å². The molecule has 132 valence electrons. The lowest BCUT2D eigenvalue weighted by Gasteiger charge is -2.11. The van der Waals surface area contributed by atoms with E-state index in [4.69, 9.17) is 4.98 Å². The summed E-state index contributed by atoms with van der Waals surface area (Å²) in [5.41, 5.74) is 3.35. The molecule has 0 spiro atoms. The van der Waals surface area contributed by atoms with E-state index in [-0.39, 0.29) is 5.91 Å². The normalized spacial score (nSPS) is 13.3. The Morgan fingerprint density at radius 3 is 2.88 bits per heavy atom. The third-order valence-corrected chi connectivity index (χ3v) is 5.42. The number of fused-ring (bicyclic) bond motifs is 1. The van der Waals surface area contributed by atoms with E-state index in [0.29, 0.717) is 5.56 Å². The van der Waals surface area contributed by atoms with Crippen molar-refractivity contribution >= 4 is 23.4 Å². The van der Waals surface area contributed by atoms with Crippen molar-refractivity contribution in [1.29, 1.82) is 0 Å². The molecule has 0 bridgehead atoms. The second-order valence-corrected chi connectivity index (χ2v) is 7.30. The molecule has 0 aliphatic carbocycles. The van der Waals surface area contributed by atoms with Crippen molar-refractivity contribution < 1.29 is 4.79 Å². The predicted octanol–water partition coefficient (Wildman–Crippen LogP) is 4.86. The number of imidazole rings is 1. The Kier molecular flexibility index (Phi) is 4.80. The number of aryl methyl sites for hydroxylation is 2. The summed E-state index contributed by atoms with van der Waals surface area (Å²) in [6.45, 7) is 1.03. The van der Waals surface area contributed by atoms with Crippen LogP contribution in [-0.4, -0.2) is 21.7 Å². The van der Waals surface area contributed by atoms with Crippen molar-refractivity contribution in [3.8, 4) is 11.3 Å². The minimum absolute atomic E-state index is 0.0997. The summed E-state index contributed by atoms with van der Waals surface area (Å²) in [6.07, 6.45) is 7.53. The summed E-state index contributed by atoms with van der Waals surface area (Å²) >= 11 is 1.63. The van der Waals surface area contributed by atoms with Gasteiger partial charge in [-0.2, -0.15) is 0 Å². The Labute approximate surface area is 157 Å². The minimum atomic E-state index is -0.0997. The van der Waals surface area contributed by atoms with Crippen molar-refractivity contribution in [1.82, 2.24) is 9.55 Å². The van der Waals surface area contributed by atoms with Crippen LogP contribution in [0.2, 0.25) is 0 Å². The molecule has 4 nitrogen and oxygen atoms in total. The van der Waals surface area contributed by atoms with E-state index in [0.717, 1.165) is 40.6 Å². The molecule has 3 aromatic rings. The Morgan fingerprint density at radius 2 is 2.04 bits per heavy atom. The molecule has 2 aromatic carbocycles. The molecule has 0 radical (unpaired) electrons. The second kappa shape index (κ2) is 7.38. The lowest BCUT2D eigenvalue weighted by atomic mass is 10.1. The molecule has 1 N–H and O–H groups in total. The summed E-state index contributed by atoms with van der Waals surface area (Å²) in [4.78, 5) is 18.6. The molecule has 4 rings (SSSR count). The summed E-state index contributed by atoms with van der Waals surface area (Å²) in [6, 6.07) is 15.5. The number of carbonyl (C=O) groups is 1. The highest BCUT2D eigenvalue weighted by Crippen LogP contribution is 2.29. The van der Waals surface area contributed by atoms with Crippen LogP contribution >= 0.6 is 11.8 Å². The highest BCUT2D eigenvalue weighted by molar-refractivity contribution is 7.98. The maximum Gasteiger partial charge on any atom is 0.255 e. The molecule has 0 saturated carbocycles. The van der Waals surface area contributed by atoms with Crippen molar-refractivity contribution in [3.05, 3.63) is 66.1 Å². The number of hydrogen-bond donors (Lipinski definition) is 1. The maximum atomic E-state index is 12.7. The Balaban J connectivity index is 1.63. The molecule has 1 aliphatic rings. The second-order valence-electron chi connectivity index (χ2n) is 6.42. The summed E-state index contributed by atoms with van der Waals surface area (Å²) in [5, 5.41) is 3.06. The number of aromatic nitrogens is 2. The third kappa shape index (κ3) is 3.40. The van der Waals surface area contributed by atoms with Gasteiger partial charge < -0.3 is 9.88 Å². The zero-order valence-electron chi connectivity index (χ0n) is 14.7. The molecular weight excluding hydrogens is 342 g/mol. The Hall–Kier alpha value is -2.53. The van der Waals surface area contributed by atoms with Gasteiger partial charge in [-0.25, -0.2) is 4.98 Å². The number of benzene rings is 2. The van der Waals surface area contributed by atoms with Gasteiger partial charge in [0.05, 0.1) is 11.4 Å². The lowest BCUT2D eigenvalue weighted by Crippen LogP contribution is -2.12. The van der Waals surface area contributed by atoms with Crippen LogP contribution < -0.4 is 5.32 Å². The smallest absolute Gasteiger partial charge is 0.255 e. The average molecular weight is 363 g/mol. The first-order chi connectivity index (χ1) is 12.7. The Morgan fingerprint density at radius 1 is 1.15 bits per heavy atom. The van der Waals surface area contributed by atoms with Crippen molar-refractivity contribution in [2.45, 2.75) is 30.7 Å². The van der Waals surface area contributed by atoms with Gasteiger partial charge in [0.25, 0.3) is 5.91 Å². The Bertz CT molecular complexity index is 924. The molecule has 0 fully saturated rings. The summed E-state index contributed by atoms with van der Waals surface area (Å²) < 4.78 is 2.24. The number of nitrogens with zero attached hydrogens (tertiary/aromatic N) is 2. The number of carbonyl (C=O) groups excluding carboxylic acids is 1. The first-order valence-corrected chi connectivity index (χ1v) is 10.1. The largest absolute Gasteiger partial charge is 0.334 e. The fraction of sp³-hybridized carbons (Fsp3) is 0.238. The molecule has 5 heteroatoms. The highest BCUT2D eigenvalue weighted by atomic mass is 32.2. The van der Waals surface area contributed by atoms with Gasteiger partial charge in [-0.3, -0.25) is 4.79 Å². The third-order valence-electron chi connectivity index (χ3n) is 4.69. The van der Waals surface area contributed by atoms with Gasteiger partial charge in [0.1, 0.15) is 5.82 Å². The molecule has 1 aliphatic heterocycles.